The monoisotopic (exact) mass is 617 g/mol. The standard InChI is InChI=1S/C29H26Cl2FN3O5S/c1-3-15-13-16(7-10-35(15)28-33-23-19(32)11-14(26(36)37)12-20(23)41-28)39-27(38)22-24(21-17(30)5-4-6-18(21)31)34-40-25(22)29(2)8-9-29/h4-6,11-12,15-16H,3,7-10,13H2,1-2H3,(H,36,37)/t15-,16-/m1/s1. The van der Waals surface area contributed by atoms with Gasteiger partial charge in [-0.1, -0.05) is 59.6 Å². The summed E-state index contributed by atoms with van der Waals surface area (Å²) in [7, 11) is 0. The summed E-state index contributed by atoms with van der Waals surface area (Å²) in [4.78, 5) is 31.7. The minimum Gasteiger partial charge on any atom is -0.478 e. The molecular formula is C29H26Cl2FN3O5S. The van der Waals surface area contributed by atoms with Crippen LogP contribution in [0.2, 0.25) is 10.0 Å². The zero-order valence-electron chi connectivity index (χ0n) is 22.2. The van der Waals surface area contributed by atoms with Crippen molar-refractivity contribution in [2.75, 3.05) is 11.4 Å². The number of piperidine rings is 1. The normalized spacial score (nSPS) is 19.9. The predicted molar refractivity (Wildman–Crippen MR) is 155 cm³/mol. The molecule has 41 heavy (non-hydrogen) atoms. The van der Waals surface area contributed by atoms with Crippen LogP contribution in [0.5, 0.6) is 0 Å². The highest BCUT2D eigenvalue weighted by Crippen LogP contribution is 2.51. The van der Waals surface area contributed by atoms with Crippen LogP contribution in [0, 0.1) is 5.82 Å². The van der Waals surface area contributed by atoms with Crippen LogP contribution in [0.1, 0.15) is 72.4 Å². The number of ether oxygens (including phenoxy) is 1. The van der Waals surface area contributed by atoms with E-state index in [-0.39, 0.29) is 39.9 Å². The van der Waals surface area contributed by atoms with Crippen molar-refractivity contribution in [1.29, 1.82) is 0 Å². The van der Waals surface area contributed by atoms with Crippen molar-refractivity contribution in [3.05, 3.63) is 63.1 Å². The number of hydrogen-bond acceptors (Lipinski definition) is 8. The number of esters is 1. The zero-order valence-corrected chi connectivity index (χ0v) is 24.6. The van der Waals surface area contributed by atoms with Gasteiger partial charge in [0.15, 0.2) is 16.7 Å². The second-order valence-corrected chi connectivity index (χ2v) is 12.6. The van der Waals surface area contributed by atoms with Crippen LogP contribution < -0.4 is 4.90 Å². The fourth-order valence-electron chi connectivity index (χ4n) is 5.39. The van der Waals surface area contributed by atoms with E-state index in [1.807, 2.05) is 13.8 Å². The lowest BCUT2D eigenvalue weighted by Gasteiger charge is -2.38. The maximum absolute atomic E-state index is 14.6. The molecule has 8 nitrogen and oxygen atoms in total. The summed E-state index contributed by atoms with van der Waals surface area (Å²) >= 11 is 14.2. The van der Waals surface area contributed by atoms with Gasteiger partial charge in [-0.25, -0.2) is 19.0 Å². The Morgan fingerprint density at radius 3 is 2.66 bits per heavy atom. The van der Waals surface area contributed by atoms with Crippen molar-refractivity contribution in [2.45, 2.75) is 63.5 Å². The van der Waals surface area contributed by atoms with Gasteiger partial charge in [0, 0.05) is 36.4 Å². The van der Waals surface area contributed by atoms with Crippen molar-refractivity contribution >= 4 is 61.8 Å². The molecule has 1 saturated heterocycles. The van der Waals surface area contributed by atoms with E-state index >= 15 is 0 Å². The van der Waals surface area contributed by atoms with Gasteiger partial charge < -0.3 is 19.3 Å². The number of nitrogens with zero attached hydrogens (tertiary/aromatic N) is 3. The maximum Gasteiger partial charge on any atom is 0.344 e. The highest BCUT2D eigenvalue weighted by molar-refractivity contribution is 7.22. The van der Waals surface area contributed by atoms with E-state index in [1.54, 1.807) is 18.2 Å². The van der Waals surface area contributed by atoms with Crippen LogP contribution in [-0.4, -0.2) is 45.9 Å². The number of carbonyl (C=O) groups is 2. The van der Waals surface area contributed by atoms with Crippen molar-refractivity contribution in [2.24, 2.45) is 0 Å². The Kier molecular flexibility index (Phi) is 7.20. The average molecular weight is 619 g/mol. The van der Waals surface area contributed by atoms with E-state index in [0.717, 1.165) is 25.3 Å². The molecule has 2 aromatic heterocycles. The molecular weight excluding hydrogens is 592 g/mol. The number of aromatic nitrogens is 2. The van der Waals surface area contributed by atoms with Crippen molar-refractivity contribution in [3.63, 3.8) is 0 Å². The first-order valence-corrected chi connectivity index (χ1v) is 14.9. The topological polar surface area (TPSA) is 106 Å². The third-order valence-electron chi connectivity index (χ3n) is 7.99. The first kappa shape index (κ1) is 27.9. The zero-order chi connectivity index (χ0) is 29.1. The molecule has 2 aliphatic rings. The summed E-state index contributed by atoms with van der Waals surface area (Å²) in [5.74, 6) is -1.91. The van der Waals surface area contributed by atoms with Gasteiger partial charge in [0.25, 0.3) is 0 Å². The van der Waals surface area contributed by atoms with E-state index in [1.165, 1.54) is 17.4 Å². The average Bonchev–Trinajstić information content (AvgIpc) is 3.33. The minimum atomic E-state index is -1.19. The highest BCUT2D eigenvalue weighted by Gasteiger charge is 2.48. The Labute approximate surface area is 249 Å². The number of carboxylic acids is 1. The molecule has 1 N–H and O–H groups in total. The number of benzene rings is 2. The molecule has 2 fully saturated rings. The number of carboxylic acid groups (broad SMARTS) is 1. The van der Waals surface area contributed by atoms with Crippen molar-refractivity contribution in [1.82, 2.24) is 10.1 Å². The Bertz CT molecular complexity index is 1660. The Morgan fingerprint density at radius 2 is 2.00 bits per heavy atom. The molecule has 214 valence electrons. The van der Waals surface area contributed by atoms with Gasteiger partial charge >= 0.3 is 11.9 Å². The van der Waals surface area contributed by atoms with Crippen LogP contribution >= 0.6 is 34.5 Å². The summed E-state index contributed by atoms with van der Waals surface area (Å²) in [5, 5.41) is 14.8. The third kappa shape index (κ3) is 5.06. The fourth-order valence-corrected chi connectivity index (χ4v) is 7.09. The smallest absolute Gasteiger partial charge is 0.344 e. The molecule has 4 aromatic rings. The molecule has 1 aliphatic heterocycles. The quantitative estimate of drug-likeness (QED) is 0.210. The molecule has 1 aliphatic carbocycles. The minimum absolute atomic E-state index is 0.0236. The molecule has 0 amide bonds. The molecule has 0 spiro atoms. The lowest BCUT2D eigenvalue weighted by Crippen LogP contribution is -2.45. The molecule has 0 radical (unpaired) electrons. The van der Waals surface area contributed by atoms with Gasteiger partial charge in [-0.05, 0) is 43.5 Å². The van der Waals surface area contributed by atoms with E-state index in [0.29, 0.717) is 50.6 Å². The highest BCUT2D eigenvalue weighted by atomic mass is 35.5. The summed E-state index contributed by atoms with van der Waals surface area (Å²) in [6.45, 7) is 4.58. The molecule has 2 aromatic carbocycles. The first-order chi connectivity index (χ1) is 19.6. The molecule has 2 atom stereocenters. The van der Waals surface area contributed by atoms with Crippen LogP contribution in [0.4, 0.5) is 9.52 Å². The van der Waals surface area contributed by atoms with Crippen molar-refractivity contribution < 1.29 is 28.3 Å². The van der Waals surface area contributed by atoms with Gasteiger partial charge in [-0.15, -0.1) is 0 Å². The van der Waals surface area contributed by atoms with E-state index in [9.17, 15) is 19.1 Å². The number of rotatable bonds is 7. The molecule has 3 heterocycles. The van der Waals surface area contributed by atoms with Crippen molar-refractivity contribution in [3.8, 4) is 11.3 Å². The summed E-state index contributed by atoms with van der Waals surface area (Å²) < 4.78 is 26.9. The number of halogens is 3. The number of fused-ring (bicyclic) bond motifs is 1. The van der Waals surface area contributed by atoms with Gasteiger partial charge in [-0.2, -0.15) is 0 Å². The summed E-state index contributed by atoms with van der Waals surface area (Å²) in [6, 6.07) is 7.49. The van der Waals surface area contributed by atoms with Crippen LogP contribution in [0.25, 0.3) is 21.5 Å². The lowest BCUT2D eigenvalue weighted by molar-refractivity contribution is 0.0205. The van der Waals surface area contributed by atoms with E-state index < -0.39 is 17.8 Å². The molecule has 1 saturated carbocycles. The Morgan fingerprint density at radius 1 is 1.27 bits per heavy atom. The number of thiazole rings is 1. The SMILES string of the molecule is CC[C@@H]1C[C@H](OC(=O)c2c(-c3c(Cl)cccc3Cl)noc2C2(C)CC2)CCN1c1nc2c(F)cc(C(=O)O)cc2s1. The van der Waals surface area contributed by atoms with E-state index in [2.05, 4.69) is 15.0 Å². The summed E-state index contributed by atoms with van der Waals surface area (Å²) in [5.41, 5.74) is 0.691. The lowest BCUT2D eigenvalue weighted by atomic mass is 9.96. The van der Waals surface area contributed by atoms with Crippen LogP contribution in [0.15, 0.2) is 34.9 Å². The molecule has 6 rings (SSSR count). The van der Waals surface area contributed by atoms with Crippen LogP contribution in [0.3, 0.4) is 0 Å². The Balaban J connectivity index is 1.25. The van der Waals surface area contributed by atoms with Gasteiger partial charge in [-0.3, -0.25) is 0 Å². The Hall–Kier alpha value is -3.21. The molecule has 0 bridgehead atoms. The third-order valence-corrected chi connectivity index (χ3v) is 9.66. The van der Waals surface area contributed by atoms with Crippen LogP contribution in [-0.2, 0) is 10.2 Å². The van der Waals surface area contributed by atoms with Gasteiger partial charge in [0.05, 0.1) is 20.3 Å². The molecule has 12 heteroatoms. The predicted octanol–water partition coefficient (Wildman–Crippen LogP) is 7.75. The number of aromatic carboxylic acids is 1. The number of hydrogen-bond donors (Lipinski definition) is 1. The van der Waals surface area contributed by atoms with Gasteiger partial charge in [0.2, 0.25) is 0 Å². The second kappa shape index (κ2) is 10.6. The number of anilines is 1. The van der Waals surface area contributed by atoms with Gasteiger partial charge in [0.1, 0.15) is 22.9 Å². The summed E-state index contributed by atoms with van der Waals surface area (Å²) in [6.07, 6.45) is 3.17. The second-order valence-electron chi connectivity index (χ2n) is 10.8. The largest absolute Gasteiger partial charge is 0.478 e. The first-order valence-electron chi connectivity index (χ1n) is 13.3. The fraction of sp³-hybridized carbons (Fsp3) is 0.379. The molecule has 0 unspecified atom stereocenters. The number of carbonyl (C=O) groups excluding carboxylic acids is 1. The maximum atomic E-state index is 14.6. The van der Waals surface area contributed by atoms with E-state index in [4.69, 9.17) is 32.5 Å².